The van der Waals surface area contributed by atoms with Crippen LogP contribution in [0.4, 0.5) is 0 Å². The number of rotatable bonds is 2. The van der Waals surface area contributed by atoms with Gasteiger partial charge in [0.15, 0.2) is 0 Å². The molecule has 1 heterocycles. The second kappa shape index (κ2) is 5.08. The van der Waals surface area contributed by atoms with Crippen molar-refractivity contribution < 1.29 is 4.55 Å². The highest BCUT2D eigenvalue weighted by Crippen LogP contribution is 2.18. The SMILES string of the molecule is CC(C)(C)[S+]([O-])/N=C/c1ccnc2ccccc12. The molecule has 0 fully saturated rings. The summed E-state index contributed by atoms with van der Waals surface area (Å²) in [5.41, 5.74) is 1.86. The molecule has 1 aromatic heterocycles. The lowest BCUT2D eigenvalue weighted by Crippen LogP contribution is -2.25. The van der Waals surface area contributed by atoms with E-state index >= 15 is 0 Å². The molecule has 2 rings (SSSR count). The smallest absolute Gasteiger partial charge is 0.144 e. The Bertz CT molecular complexity index is 570. The van der Waals surface area contributed by atoms with Crippen molar-refractivity contribution in [2.75, 3.05) is 0 Å². The Hall–Kier alpha value is -1.39. The van der Waals surface area contributed by atoms with E-state index in [2.05, 4.69) is 9.38 Å². The molecule has 0 spiro atoms. The zero-order valence-electron chi connectivity index (χ0n) is 10.8. The third-order valence-corrected chi connectivity index (χ3v) is 3.84. The average Bonchev–Trinajstić information content (AvgIpc) is 2.34. The number of hydrogen-bond donors (Lipinski definition) is 0. The van der Waals surface area contributed by atoms with E-state index in [-0.39, 0.29) is 4.75 Å². The number of benzene rings is 1. The molecule has 2 aromatic rings. The Balaban J connectivity index is 2.35. The molecule has 0 aliphatic carbocycles. The molecule has 0 saturated heterocycles. The second-order valence-electron chi connectivity index (χ2n) is 5.01. The highest BCUT2D eigenvalue weighted by atomic mass is 32.2. The predicted octanol–water partition coefficient (Wildman–Crippen LogP) is 3.12. The van der Waals surface area contributed by atoms with Gasteiger partial charge >= 0.3 is 0 Å². The fraction of sp³-hybridized carbons (Fsp3) is 0.286. The Morgan fingerprint density at radius 1 is 1.22 bits per heavy atom. The predicted molar refractivity (Wildman–Crippen MR) is 77.2 cm³/mol. The van der Waals surface area contributed by atoms with E-state index in [4.69, 9.17) is 0 Å². The maximum Gasteiger partial charge on any atom is 0.144 e. The van der Waals surface area contributed by atoms with Gasteiger partial charge in [0.25, 0.3) is 0 Å². The lowest BCUT2D eigenvalue weighted by molar-refractivity contribution is 0.562. The zero-order chi connectivity index (χ0) is 13.2. The molecule has 0 bridgehead atoms. The minimum absolute atomic E-state index is 0.334. The van der Waals surface area contributed by atoms with Crippen molar-refractivity contribution >= 4 is 28.5 Å². The van der Waals surface area contributed by atoms with Gasteiger partial charge in [-0.15, -0.1) is 0 Å². The number of fused-ring (bicyclic) bond motifs is 1. The molecule has 0 radical (unpaired) electrons. The Labute approximate surface area is 110 Å². The summed E-state index contributed by atoms with van der Waals surface area (Å²) in [4.78, 5) is 4.28. The van der Waals surface area contributed by atoms with Crippen LogP contribution >= 0.6 is 0 Å². The quantitative estimate of drug-likeness (QED) is 0.615. The summed E-state index contributed by atoms with van der Waals surface area (Å²) in [7, 11) is 0. The maximum atomic E-state index is 11.9. The van der Waals surface area contributed by atoms with E-state index in [1.54, 1.807) is 12.4 Å². The van der Waals surface area contributed by atoms with E-state index < -0.39 is 11.4 Å². The van der Waals surface area contributed by atoms with Gasteiger partial charge in [-0.05, 0) is 32.9 Å². The van der Waals surface area contributed by atoms with Crippen LogP contribution < -0.4 is 0 Å². The maximum absolute atomic E-state index is 11.9. The first-order chi connectivity index (χ1) is 8.48. The molecule has 1 atom stereocenters. The topological polar surface area (TPSA) is 48.3 Å². The summed E-state index contributed by atoms with van der Waals surface area (Å²) < 4.78 is 15.7. The number of aromatic nitrogens is 1. The van der Waals surface area contributed by atoms with Crippen molar-refractivity contribution in [1.82, 2.24) is 4.98 Å². The van der Waals surface area contributed by atoms with Crippen LogP contribution in [0.3, 0.4) is 0 Å². The van der Waals surface area contributed by atoms with Crippen molar-refractivity contribution in [1.29, 1.82) is 0 Å². The van der Waals surface area contributed by atoms with Gasteiger partial charge in [0.2, 0.25) is 0 Å². The van der Waals surface area contributed by atoms with E-state index in [0.717, 1.165) is 16.5 Å². The van der Waals surface area contributed by atoms with Gasteiger partial charge in [0, 0.05) is 17.1 Å². The molecular weight excluding hydrogens is 244 g/mol. The van der Waals surface area contributed by atoms with Crippen LogP contribution in [0.25, 0.3) is 10.9 Å². The first kappa shape index (κ1) is 13.1. The van der Waals surface area contributed by atoms with Crippen LogP contribution in [0.2, 0.25) is 0 Å². The minimum Gasteiger partial charge on any atom is -0.591 e. The molecular formula is C14H16N2OS. The van der Waals surface area contributed by atoms with Crippen LogP contribution in [0.15, 0.2) is 40.9 Å². The van der Waals surface area contributed by atoms with Crippen LogP contribution in [0.1, 0.15) is 26.3 Å². The fourth-order valence-electron chi connectivity index (χ4n) is 1.49. The standard InChI is InChI=1S/C14H16N2OS/c1-14(2,3)18(17)16-10-11-8-9-15-13-7-5-4-6-12(11)13/h4-10H,1-3H3/b16-10+. The molecule has 3 nitrogen and oxygen atoms in total. The number of pyridine rings is 1. The summed E-state index contributed by atoms with van der Waals surface area (Å²) in [6.45, 7) is 5.72. The van der Waals surface area contributed by atoms with Crippen molar-refractivity contribution in [2.45, 2.75) is 25.5 Å². The van der Waals surface area contributed by atoms with Gasteiger partial charge in [0.1, 0.15) is 16.1 Å². The van der Waals surface area contributed by atoms with E-state index in [1.807, 2.05) is 51.1 Å². The minimum atomic E-state index is -1.23. The number of para-hydroxylation sites is 1. The van der Waals surface area contributed by atoms with Crippen LogP contribution in [0.5, 0.6) is 0 Å². The zero-order valence-corrected chi connectivity index (χ0v) is 11.6. The first-order valence-corrected chi connectivity index (χ1v) is 6.89. The first-order valence-electron chi connectivity index (χ1n) is 5.78. The second-order valence-corrected chi connectivity index (χ2v) is 6.95. The summed E-state index contributed by atoms with van der Waals surface area (Å²) in [6, 6.07) is 9.73. The Morgan fingerprint density at radius 2 is 1.94 bits per heavy atom. The summed E-state index contributed by atoms with van der Waals surface area (Å²) in [5, 5.41) is 1.02. The van der Waals surface area contributed by atoms with Gasteiger partial charge in [-0.25, -0.2) is 0 Å². The fourth-order valence-corrected chi connectivity index (χ4v) is 2.02. The van der Waals surface area contributed by atoms with Gasteiger partial charge in [-0.1, -0.05) is 22.6 Å². The monoisotopic (exact) mass is 260 g/mol. The molecule has 94 valence electrons. The van der Waals surface area contributed by atoms with Crippen molar-refractivity contribution in [2.24, 2.45) is 4.40 Å². The van der Waals surface area contributed by atoms with Gasteiger partial charge in [-0.2, -0.15) is 0 Å². The normalized spacial score (nSPS) is 14.2. The molecule has 0 aliphatic rings. The van der Waals surface area contributed by atoms with E-state index in [1.165, 1.54) is 0 Å². The van der Waals surface area contributed by atoms with Crippen LogP contribution in [0, 0.1) is 0 Å². The van der Waals surface area contributed by atoms with Crippen molar-refractivity contribution in [3.8, 4) is 0 Å². The summed E-state index contributed by atoms with van der Waals surface area (Å²) >= 11 is -1.23. The van der Waals surface area contributed by atoms with Crippen molar-refractivity contribution in [3.63, 3.8) is 0 Å². The van der Waals surface area contributed by atoms with Crippen molar-refractivity contribution in [3.05, 3.63) is 42.1 Å². The lowest BCUT2D eigenvalue weighted by atomic mass is 10.1. The van der Waals surface area contributed by atoms with Gasteiger partial charge in [0.05, 0.1) is 11.7 Å². The van der Waals surface area contributed by atoms with E-state index in [9.17, 15) is 4.55 Å². The summed E-state index contributed by atoms with van der Waals surface area (Å²) in [5.74, 6) is 0. The summed E-state index contributed by atoms with van der Waals surface area (Å²) in [6.07, 6.45) is 3.41. The number of hydrogen-bond acceptors (Lipinski definition) is 3. The highest BCUT2D eigenvalue weighted by molar-refractivity contribution is 7.91. The van der Waals surface area contributed by atoms with Gasteiger partial charge < -0.3 is 4.55 Å². The third-order valence-electron chi connectivity index (χ3n) is 2.49. The average molecular weight is 260 g/mol. The van der Waals surface area contributed by atoms with E-state index in [0.29, 0.717) is 0 Å². The Morgan fingerprint density at radius 3 is 2.67 bits per heavy atom. The molecule has 1 unspecified atom stereocenters. The largest absolute Gasteiger partial charge is 0.591 e. The van der Waals surface area contributed by atoms with Crippen LogP contribution in [-0.4, -0.2) is 20.5 Å². The molecule has 0 aliphatic heterocycles. The Kier molecular flexibility index (Phi) is 3.68. The lowest BCUT2D eigenvalue weighted by Gasteiger charge is -2.17. The molecule has 1 aromatic carbocycles. The highest BCUT2D eigenvalue weighted by Gasteiger charge is 2.25. The molecule has 0 amide bonds. The molecule has 4 heteroatoms. The number of nitrogens with zero attached hydrogens (tertiary/aromatic N) is 2. The third kappa shape index (κ3) is 2.89. The molecule has 0 saturated carbocycles. The van der Waals surface area contributed by atoms with Crippen LogP contribution in [-0.2, 0) is 11.4 Å². The van der Waals surface area contributed by atoms with Gasteiger partial charge in [-0.3, -0.25) is 4.98 Å². The molecule has 0 N–H and O–H groups in total. The molecule has 18 heavy (non-hydrogen) atoms.